The number of piperazine rings is 1. The number of carbonyl (C=O) groups is 1. The normalized spacial score (nSPS) is 18.1. The summed E-state index contributed by atoms with van der Waals surface area (Å²) >= 11 is 0. The van der Waals surface area contributed by atoms with Gasteiger partial charge < -0.3 is 14.5 Å². The van der Waals surface area contributed by atoms with Crippen LogP contribution < -0.4 is 0 Å². The minimum atomic E-state index is -0.485. The van der Waals surface area contributed by atoms with Crippen molar-refractivity contribution >= 4 is 12.6 Å². The summed E-state index contributed by atoms with van der Waals surface area (Å²) in [5.74, 6) is 0. The fourth-order valence-corrected chi connectivity index (χ4v) is 1.34. The van der Waals surface area contributed by atoms with Gasteiger partial charge in [0.25, 0.3) is 0 Å². The molecule has 0 atom stereocenters. The third-order valence-electron chi connectivity index (χ3n) is 2.06. The molecule has 1 fully saturated rings. The maximum Gasteiger partial charge on any atom is 0.438 e. The van der Waals surface area contributed by atoms with Crippen LogP contribution in [0.4, 0.5) is 4.79 Å². The summed E-state index contributed by atoms with van der Waals surface area (Å²) < 4.78 is 5.22. The minimum Gasteiger partial charge on any atom is -0.444 e. The number of nitrogens with zero attached hydrogens (tertiary/aromatic N) is 2. The summed E-state index contributed by atoms with van der Waals surface area (Å²) in [6, 6.07) is 0. The molecule has 1 aliphatic rings. The molecule has 1 radical (unpaired) electrons. The first-order chi connectivity index (χ1) is 7.42. The van der Waals surface area contributed by atoms with Crippen LogP contribution in [0.5, 0.6) is 0 Å². The lowest BCUT2D eigenvalue weighted by molar-refractivity contribution is -0.102. The van der Waals surface area contributed by atoms with E-state index >= 15 is 0 Å². The molecule has 16 heavy (non-hydrogen) atoms. The Labute approximate surface area is 95.0 Å². The Hall–Kier alpha value is -1.30. The Morgan fingerprint density at radius 3 is 2.19 bits per heavy atom. The molecule has 1 saturated heterocycles. The van der Waals surface area contributed by atoms with Crippen LogP contribution in [0.15, 0.2) is 0 Å². The first-order valence-corrected chi connectivity index (χ1v) is 5.19. The molecule has 0 aromatic rings. The molecule has 6 heteroatoms. The van der Waals surface area contributed by atoms with Crippen LogP contribution in [-0.2, 0) is 14.4 Å². The smallest absolute Gasteiger partial charge is 0.438 e. The van der Waals surface area contributed by atoms with Crippen molar-refractivity contribution in [1.29, 1.82) is 0 Å². The Morgan fingerprint density at radius 2 is 1.75 bits per heavy atom. The van der Waals surface area contributed by atoms with Crippen molar-refractivity contribution in [2.45, 2.75) is 26.4 Å². The average Bonchev–Trinajstić information content (AvgIpc) is 2.16. The lowest BCUT2D eigenvalue weighted by atomic mass is 10.2. The van der Waals surface area contributed by atoms with Gasteiger partial charge in [0.1, 0.15) is 5.60 Å². The standard InChI is InChI=1S/C10H17N2O4/c1-10(2,3)16-9(14)11-4-6-12(7-5-11)15-8-13/h4-7H2,1-3H3. The molecular formula is C10H17N2O4. The summed E-state index contributed by atoms with van der Waals surface area (Å²) in [7, 11) is 0. The zero-order valence-corrected chi connectivity index (χ0v) is 9.86. The van der Waals surface area contributed by atoms with Crippen LogP contribution in [0.2, 0.25) is 0 Å². The van der Waals surface area contributed by atoms with Gasteiger partial charge in [0, 0.05) is 13.1 Å². The molecule has 0 spiro atoms. The third-order valence-corrected chi connectivity index (χ3v) is 2.06. The number of hydrogen-bond donors (Lipinski definition) is 0. The second-order valence-corrected chi connectivity index (χ2v) is 4.57. The Balaban J connectivity index is 2.36. The van der Waals surface area contributed by atoms with Gasteiger partial charge in [-0.1, -0.05) is 0 Å². The third kappa shape index (κ3) is 4.06. The van der Waals surface area contributed by atoms with Crippen molar-refractivity contribution < 1.29 is 19.2 Å². The van der Waals surface area contributed by atoms with Gasteiger partial charge in [0.2, 0.25) is 0 Å². The minimum absolute atomic E-state index is 0.331. The molecule has 1 rings (SSSR count). The van der Waals surface area contributed by atoms with Crippen molar-refractivity contribution in [3.63, 3.8) is 0 Å². The summed E-state index contributed by atoms with van der Waals surface area (Å²) in [5.41, 5.74) is -0.485. The number of amides is 1. The highest BCUT2D eigenvalue weighted by Crippen LogP contribution is 2.11. The Kier molecular flexibility index (Phi) is 4.12. The van der Waals surface area contributed by atoms with E-state index < -0.39 is 5.60 Å². The van der Waals surface area contributed by atoms with Crippen LogP contribution in [0.3, 0.4) is 0 Å². The molecule has 0 aromatic carbocycles. The number of hydrogen-bond acceptors (Lipinski definition) is 5. The van der Waals surface area contributed by atoms with Crippen molar-refractivity contribution in [1.82, 2.24) is 9.96 Å². The van der Waals surface area contributed by atoms with E-state index in [9.17, 15) is 9.59 Å². The number of rotatable bonds is 2. The van der Waals surface area contributed by atoms with Gasteiger partial charge in [-0.3, -0.25) is 0 Å². The summed E-state index contributed by atoms with van der Waals surface area (Å²) in [6.45, 7) is 8.76. The second-order valence-electron chi connectivity index (χ2n) is 4.57. The van der Waals surface area contributed by atoms with Crippen molar-refractivity contribution in [2.24, 2.45) is 0 Å². The van der Waals surface area contributed by atoms with E-state index in [0.717, 1.165) is 0 Å². The molecule has 1 aliphatic heterocycles. The number of ether oxygens (including phenoxy) is 1. The maximum atomic E-state index is 11.6. The Bertz CT molecular complexity index is 254. The number of hydroxylamine groups is 2. The molecular weight excluding hydrogens is 212 g/mol. The summed E-state index contributed by atoms with van der Waals surface area (Å²) in [5, 5.41) is 1.47. The van der Waals surface area contributed by atoms with Gasteiger partial charge >= 0.3 is 12.6 Å². The highest BCUT2D eigenvalue weighted by atomic mass is 16.7. The van der Waals surface area contributed by atoms with Gasteiger partial charge in [-0.15, -0.1) is 5.06 Å². The fraction of sp³-hybridized carbons (Fsp3) is 0.800. The van der Waals surface area contributed by atoms with E-state index in [4.69, 9.17) is 4.74 Å². The van der Waals surface area contributed by atoms with Crippen LogP contribution in [0, 0.1) is 0 Å². The van der Waals surface area contributed by atoms with E-state index in [1.807, 2.05) is 20.8 Å². The van der Waals surface area contributed by atoms with E-state index in [2.05, 4.69) is 4.84 Å². The molecule has 0 N–H and O–H groups in total. The molecule has 0 bridgehead atoms. The van der Waals surface area contributed by atoms with Crippen LogP contribution in [0.25, 0.3) is 0 Å². The Morgan fingerprint density at radius 1 is 1.19 bits per heavy atom. The molecule has 0 aliphatic carbocycles. The first kappa shape index (κ1) is 12.8. The monoisotopic (exact) mass is 229 g/mol. The van der Waals surface area contributed by atoms with Gasteiger partial charge in [-0.2, -0.15) is 0 Å². The average molecular weight is 229 g/mol. The predicted octanol–water partition coefficient (Wildman–Crippen LogP) is 0.538. The quantitative estimate of drug-likeness (QED) is 0.691. The SMILES string of the molecule is CC(C)(C)OC(=O)N1CCN(O[C]=O)CC1. The van der Waals surface area contributed by atoms with Crippen LogP contribution >= 0.6 is 0 Å². The predicted molar refractivity (Wildman–Crippen MR) is 56.2 cm³/mol. The molecule has 91 valence electrons. The lowest BCUT2D eigenvalue weighted by Crippen LogP contribution is -2.49. The zero-order valence-electron chi connectivity index (χ0n) is 9.86. The van der Waals surface area contributed by atoms with E-state index in [1.54, 1.807) is 4.90 Å². The van der Waals surface area contributed by atoms with Gasteiger partial charge in [-0.25, -0.2) is 9.59 Å². The molecule has 0 unspecified atom stereocenters. The van der Waals surface area contributed by atoms with Crippen molar-refractivity contribution in [3.8, 4) is 0 Å². The number of carbonyl (C=O) groups excluding carboxylic acids is 2. The van der Waals surface area contributed by atoms with E-state index in [0.29, 0.717) is 26.2 Å². The highest BCUT2D eigenvalue weighted by molar-refractivity contribution is 5.68. The van der Waals surface area contributed by atoms with E-state index in [1.165, 1.54) is 11.5 Å². The molecule has 0 aromatic heterocycles. The van der Waals surface area contributed by atoms with Gasteiger partial charge in [-0.05, 0) is 20.8 Å². The largest absolute Gasteiger partial charge is 0.444 e. The maximum absolute atomic E-state index is 11.6. The molecule has 1 heterocycles. The summed E-state index contributed by atoms with van der Waals surface area (Å²) in [4.78, 5) is 27.8. The van der Waals surface area contributed by atoms with Crippen molar-refractivity contribution in [2.75, 3.05) is 26.2 Å². The highest BCUT2D eigenvalue weighted by Gasteiger charge is 2.26. The van der Waals surface area contributed by atoms with Crippen LogP contribution in [0.1, 0.15) is 20.8 Å². The topological polar surface area (TPSA) is 59.1 Å². The fourth-order valence-electron chi connectivity index (χ4n) is 1.34. The van der Waals surface area contributed by atoms with Gasteiger partial charge in [0.15, 0.2) is 0 Å². The van der Waals surface area contributed by atoms with E-state index in [-0.39, 0.29) is 6.09 Å². The summed E-state index contributed by atoms with van der Waals surface area (Å²) in [6.07, 6.45) is -0.331. The molecule has 1 amide bonds. The first-order valence-electron chi connectivity index (χ1n) is 5.19. The zero-order chi connectivity index (χ0) is 12.2. The van der Waals surface area contributed by atoms with Gasteiger partial charge in [0.05, 0.1) is 13.1 Å². The second kappa shape index (κ2) is 5.16. The van der Waals surface area contributed by atoms with Crippen LogP contribution in [-0.4, -0.2) is 54.3 Å². The molecule has 6 nitrogen and oxygen atoms in total. The molecule has 0 saturated carbocycles. The van der Waals surface area contributed by atoms with Crippen molar-refractivity contribution in [3.05, 3.63) is 0 Å². The lowest BCUT2D eigenvalue weighted by Gasteiger charge is -2.33.